The highest BCUT2D eigenvalue weighted by molar-refractivity contribution is 7.98. The number of hydrogen-bond acceptors (Lipinski definition) is 9. The Morgan fingerprint density at radius 1 is 1.23 bits per heavy atom. The van der Waals surface area contributed by atoms with Gasteiger partial charge in [-0.2, -0.15) is 16.5 Å². The molecule has 0 saturated heterocycles. The second kappa shape index (κ2) is 9.35. The van der Waals surface area contributed by atoms with E-state index >= 15 is 0 Å². The molecule has 0 aliphatic carbocycles. The van der Waals surface area contributed by atoms with Crippen molar-refractivity contribution in [3.63, 3.8) is 0 Å². The van der Waals surface area contributed by atoms with Crippen LogP contribution in [0.5, 0.6) is 0 Å². The number of aliphatic carboxylic acids is 1. The van der Waals surface area contributed by atoms with Crippen LogP contribution in [-0.2, 0) is 24.3 Å². The average Bonchev–Trinajstić information content (AvgIpc) is 2.95. The number of esters is 2. The molecule has 0 bridgehead atoms. The summed E-state index contributed by atoms with van der Waals surface area (Å²) in [6.45, 7) is 1.39. The van der Waals surface area contributed by atoms with Crippen molar-refractivity contribution >= 4 is 51.0 Å². The van der Waals surface area contributed by atoms with Crippen LogP contribution in [0.3, 0.4) is 0 Å². The molecular formula is C14H19NO8S3. The molecule has 1 aromatic rings. The lowest BCUT2D eigenvalue weighted by molar-refractivity contribution is -0.139. The van der Waals surface area contributed by atoms with Crippen molar-refractivity contribution in [2.45, 2.75) is 23.6 Å². The number of hydrogen-bond donors (Lipinski definition) is 2. The van der Waals surface area contributed by atoms with Gasteiger partial charge in [0.1, 0.15) is 10.9 Å². The summed E-state index contributed by atoms with van der Waals surface area (Å²) in [7, 11) is -2.21. The number of sulfonamides is 1. The third-order valence-corrected chi connectivity index (χ3v) is 7.23. The van der Waals surface area contributed by atoms with Gasteiger partial charge in [0.05, 0.1) is 19.8 Å². The number of carbonyl (C=O) groups excluding carboxylic acids is 2. The number of thioether (sulfide) groups is 1. The van der Waals surface area contributed by atoms with E-state index in [1.807, 2.05) is 0 Å². The minimum atomic E-state index is -4.39. The van der Waals surface area contributed by atoms with Crippen molar-refractivity contribution < 1.29 is 37.4 Å². The number of carbonyl (C=O) groups is 3. The van der Waals surface area contributed by atoms with Crippen molar-refractivity contribution in [1.29, 1.82) is 0 Å². The molecule has 0 radical (unpaired) electrons. The first kappa shape index (κ1) is 22.4. The molecule has 0 aliphatic rings. The minimum Gasteiger partial charge on any atom is -0.480 e. The van der Waals surface area contributed by atoms with Gasteiger partial charge in [-0.15, -0.1) is 11.3 Å². The quantitative estimate of drug-likeness (QED) is 0.558. The van der Waals surface area contributed by atoms with Gasteiger partial charge < -0.3 is 14.6 Å². The van der Waals surface area contributed by atoms with Gasteiger partial charge in [0.25, 0.3) is 10.0 Å². The van der Waals surface area contributed by atoms with Gasteiger partial charge in [-0.05, 0) is 30.9 Å². The molecule has 26 heavy (non-hydrogen) atoms. The molecule has 12 heteroatoms. The fourth-order valence-electron chi connectivity index (χ4n) is 2.01. The molecule has 1 atom stereocenters. The second-order valence-electron chi connectivity index (χ2n) is 5.00. The first-order chi connectivity index (χ1) is 12.1. The summed E-state index contributed by atoms with van der Waals surface area (Å²) in [6, 6.07) is -1.37. The minimum absolute atomic E-state index is 0.0531. The molecule has 0 saturated carbocycles. The molecule has 0 amide bonds. The summed E-state index contributed by atoms with van der Waals surface area (Å²) in [4.78, 5) is 35.1. The number of nitrogens with one attached hydrogen (secondary N) is 1. The highest BCUT2D eigenvalue weighted by Gasteiger charge is 2.35. The van der Waals surface area contributed by atoms with Gasteiger partial charge in [0, 0.05) is 0 Å². The highest BCUT2D eigenvalue weighted by Crippen LogP contribution is 2.33. The Labute approximate surface area is 159 Å². The molecule has 146 valence electrons. The van der Waals surface area contributed by atoms with Gasteiger partial charge in [-0.1, -0.05) is 0 Å². The van der Waals surface area contributed by atoms with Gasteiger partial charge >= 0.3 is 17.9 Å². The lowest BCUT2D eigenvalue weighted by atomic mass is 10.2. The van der Waals surface area contributed by atoms with Crippen LogP contribution in [-0.4, -0.2) is 63.7 Å². The zero-order valence-electron chi connectivity index (χ0n) is 14.5. The van der Waals surface area contributed by atoms with E-state index in [1.165, 1.54) is 18.7 Å². The lowest BCUT2D eigenvalue weighted by Crippen LogP contribution is -2.41. The SMILES string of the molecule is COC(=O)c1sc(S(=O)(=O)NC(CCSC)C(=O)O)c(C(=O)OC)c1C. The maximum Gasteiger partial charge on any atom is 0.348 e. The van der Waals surface area contributed by atoms with Crippen molar-refractivity contribution in [2.75, 3.05) is 26.2 Å². The molecule has 1 rings (SSSR count). The van der Waals surface area contributed by atoms with Gasteiger partial charge in [0.15, 0.2) is 4.21 Å². The van der Waals surface area contributed by atoms with E-state index in [1.54, 1.807) is 6.26 Å². The zero-order chi connectivity index (χ0) is 20.1. The normalized spacial score (nSPS) is 12.5. The molecule has 9 nitrogen and oxygen atoms in total. The van der Waals surface area contributed by atoms with E-state index in [9.17, 15) is 27.9 Å². The smallest absolute Gasteiger partial charge is 0.348 e. The molecule has 1 heterocycles. The average molecular weight is 426 g/mol. The van der Waals surface area contributed by atoms with E-state index in [-0.39, 0.29) is 22.4 Å². The van der Waals surface area contributed by atoms with Crippen molar-refractivity contribution in [2.24, 2.45) is 0 Å². The third-order valence-electron chi connectivity index (χ3n) is 3.33. The van der Waals surface area contributed by atoms with E-state index in [2.05, 4.69) is 14.2 Å². The summed E-state index contributed by atoms with van der Waals surface area (Å²) >= 11 is 1.89. The highest BCUT2D eigenvalue weighted by atomic mass is 32.2. The van der Waals surface area contributed by atoms with Crippen molar-refractivity contribution in [3.8, 4) is 0 Å². The standard InChI is InChI=1S/C14H19NO8S3/c1-7-9(12(18)22-2)14(25-10(7)13(19)23-3)26(20,21)15-8(11(16)17)5-6-24-4/h8,15H,5-6H2,1-4H3,(H,16,17). The lowest BCUT2D eigenvalue weighted by Gasteiger charge is -2.14. The van der Waals surface area contributed by atoms with Crippen molar-refractivity contribution in [3.05, 3.63) is 16.0 Å². The largest absolute Gasteiger partial charge is 0.480 e. The van der Waals surface area contributed by atoms with Crippen LogP contribution in [0, 0.1) is 6.92 Å². The number of ether oxygens (including phenoxy) is 2. The second-order valence-corrected chi connectivity index (χ2v) is 8.91. The number of carboxylic acids is 1. The molecule has 2 N–H and O–H groups in total. The van der Waals surface area contributed by atoms with Gasteiger partial charge in [-0.25, -0.2) is 18.0 Å². The maximum atomic E-state index is 12.7. The number of thiophene rings is 1. The molecule has 0 fully saturated rings. The van der Waals surface area contributed by atoms with E-state index in [4.69, 9.17) is 0 Å². The Hall–Kier alpha value is -1.63. The monoisotopic (exact) mass is 425 g/mol. The Kier molecular flexibility index (Phi) is 8.06. The zero-order valence-corrected chi connectivity index (χ0v) is 17.0. The fraction of sp³-hybridized carbons (Fsp3) is 0.500. The fourth-order valence-corrected chi connectivity index (χ4v) is 5.47. The summed E-state index contributed by atoms with van der Waals surface area (Å²) < 4.78 is 36.2. The predicted octanol–water partition coefficient (Wildman–Crippen LogP) is 1.11. The van der Waals surface area contributed by atoms with Gasteiger partial charge in [-0.3, -0.25) is 4.79 Å². The Bertz CT molecular complexity index is 799. The molecule has 0 spiro atoms. The third kappa shape index (κ3) is 4.96. The number of rotatable bonds is 9. The maximum absolute atomic E-state index is 12.7. The molecule has 1 unspecified atom stereocenters. The van der Waals surface area contributed by atoms with E-state index in [0.717, 1.165) is 14.2 Å². The van der Waals surface area contributed by atoms with Crippen LogP contribution in [0.4, 0.5) is 0 Å². The summed E-state index contributed by atoms with van der Waals surface area (Å²) in [5, 5.41) is 9.22. The topological polar surface area (TPSA) is 136 Å². The summed E-state index contributed by atoms with van der Waals surface area (Å²) in [5.74, 6) is -2.69. The van der Waals surface area contributed by atoms with Gasteiger partial charge in [0.2, 0.25) is 0 Å². The van der Waals surface area contributed by atoms with E-state index < -0.39 is 38.2 Å². The first-order valence-electron chi connectivity index (χ1n) is 7.14. The van der Waals surface area contributed by atoms with Crippen LogP contribution < -0.4 is 4.72 Å². The van der Waals surface area contributed by atoms with E-state index in [0.29, 0.717) is 17.1 Å². The predicted molar refractivity (Wildman–Crippen MR) is 96.5 cm³/mol. The molecule has 1 aromatic heterocycles. The molecule has 0 aliphatic heterocycles. The number of methoxy groups -OCH3 is 2. The van der Waals surface area contributed by atoms with Crippen LogP contribution in [0.2, 0.25) is 0 Å². The van der Waals surface area contributed by atoms with Crippen LogP contribution in [0.15, 0.2) is 4.21 Å². The molecular weight excluding hydrogens is 406 g/mol. The van der Waals surface area contributed by atoms with Crippen LogP contribution in [0.25, 0.3) is 0 Å². The van der Waals surface area contributed by atoms with Crippen LogP contribution in [0.1, 0.15) is 32.0 Å². The Balaban J connectivity index is 3.44. The molecule has 0 aromatic carbocycles. The van der Waals surface area contributed by atoms with Crippen molar-refractivity contribution in [1.82, 2.24) is 4.72 Å². The Morgan fingerprint density at radius 2 is 1.81 bits per heavy atom. The Morgan fingerprint density at radius 3 is 2.27 bits per heavy atom. The number of carboxylic acid groups (broad SMARTS) is 1. The van der Waals surface area contributed by atoms with Crippen LogP contribution >= 0.6 is 23.1 Å². The summed E-state index contributed by atoms with van der Waals surface area (Å²) in [6.07, 6.45) is 1.81. The summed E-state index contributed by atoms with van der Waals surface area (Å²) in [5.41, 5.74) is -0.232. The first-order valence-corrected chi connectivity index (χ1v) is 10.8.